The molecule has 0 heterocycles. The number of rotatable bonds is 6. The standard InChI is InChI=1S/C12H17N3O3S/c13-11-5-2-10(3-6-11)4-7-12(16)15-8-1-9-19(14,17)18/h2-7H,1,8-9,13H2,(H,15,16)(H2,14,17,18)/b7-4+. The van der Waals surface area contributed by atoms with Gasteiger partial charge in [0.25, 0.3) is 0 Å². The van der Waals surface area contributed by atoms with Crippen LogP contribution in [0.5, 0.6) is 0 Å². The van der Waals surface area contributed by atoms with Gasteiger partial charge in [0.2, 0.25) is 15.9 Å². The highest BCUT2D eigenvalue weighted by Crippen LogP contribution is 2.06. The number of nitrogens with two attached hydrogens (primary N) is 2. The van der Waals surface area contributed by atoms with Crippen LogP contribution in [-0.2, 0) is 14.8 Å². The number of hydrogen-bond acceptors (Lipinski definition) is 4. The second-order valence-corrected chi connectivity index (χ2v) is 5.75. The molecule has 19 heavy (non-hydrogen) atoms. The average molecular weight is 283 g/mol. The molecule has 0 aromatic heterocycles. The molecule has 0 saturated heterocycles. The van der Waals surface area contributed by atoms with E-state index in [9.17, 15) is 13.2 Å². The zero-order valence-corrected chi connectivity index (χ0v) is 11.2. The van der Waals surface area contributed by atoms with Gasteiger partial charge in [-0.15, -0.1) is 0 Å². The van der Waals surface area contributed by atoms with Crippen molar-refractivity contribution in [1.29, 1.82) is 0 Å². The van der Waals surface area contributed by atoms with Crippen LogP contribution < -0.4 is 16.2 Å². The van der Waals surface area contributed by atoms with Gasteiger partial charge in [-0.25, -0.2) is 13.6 Å². The van der Waals surface area contributed by atoms with Crippen LogP contribution in [0.2, 0.25) is 0 Å². The Balaban J connectivity index is 2.33. The van der Waals surface area contributed by atoms with Gasteiger partial charge in [0.1, 0.15) is 0 Å². The van der Waals surface area contributed by atoms with Gasteiger partial charge >= 0.3 is 0 Å². The summed E-state index contributed by atoms with van der Waals surface area (Å²) in [5.41, 5.74) is 7.05. The van der Waals surface area contributed by atoms with Gasteiger partial charge in [0.05, 0.1) is 5.75 Å². The van der Waals surface area contributed by atoms with Gasteiger partial charge in [0.15, 0.2) is 0 Å². The third-order valence-corrected chi connectivity index (χ3v) is 3.13. The van der Waals surface area contributed by atoms with Crippen molar-refractivity contribution in [2.24, 2.45) is 5.14 Å². The van der Waals surface area contributed by atoms with Crippen molar-refractivity contribution < 1.29 is 13.2 Å². The molecule has 0 atom stereocenters. The van der Waals surface area contributed by atoms with E-state index in [2.05, 4.69) is 5.32 Å². The van der Waals surface area contributed by atoms with Gasteiger partial charge in [0, 0.05) is 18.3 Å². The van der Waals surface area contributed by atoms with Gasteiger partial charge in [-0.2, -0.15) is 0 Å². The smallest absolute Gasteiger partial charge is 0.243 e. The number of carbonyl (C=O) groups is 1. The first-order chi connectivity index (χ1) is 8.87. The average Bonchev–Trinajstić information content (AvgIpc) is 2.33. The van der Waals surface area contributed by atoms with Crippen molar-refractivity contribution in [3.63, 3.8) is 0 Å². The van der Waals surface area contributed by atoms with Crippen LogP contribution in [0.3, 0.4) is 0 Å². The summed E-state index contributed by atoms with van der Waals surface area (Å²) in [7, 11) is -3.46. The molecule has 0 unspecified atom stereocenters. The summed E-state index contributed by atoms with van der Waals surface area (Å²) in [4.78, 5) is 11.4. The Labute approximate surface area is 112 Å². The number of nitrogen functional groups attached to an aromatic ring is 1. The highest BCUT2D eigenvalue weighted by Gasteiger charge is 2.02. The van der Waals surface area contributed by atoms with Crippen molar-refractivity contribution in [3.8, 4) is 0 Å². The molecule has 1 aromatic carbocycles. The maximum Gasteiger partial charge on any atom is 0.243 e. The fraction of sp³-hybridized carbons (Fsp3) is 0.250. The van der Waals surface area contributed by atoms with E-state index in [1.165, 1.54) is 6.08 Å². The number of anilines is 1. The third kappa shape index (κ3) is 7.22. The summed E-state index contributed by atoms with van der Waals surface area (Å²) < 4.78 is 21.3. The molecule has 0 saturated carbocycles. The van der Waals surface area contributed by atoms with E-state index in [4.69, 9.17) is 10.9 Å². The van der Waals surface area contributed by atoms with E-state index in [0.29, 0.717) is 12.1 Å². The monoisotopic (exact) mass is 283 g/mol. The molecule has 0 aliphatic heterocycles. The van der Waals surface area contributed by atoms with Gasteiger partial charge in [-0.1, -0.05) is 12.1 Å². The number of primary sulfonamides is 1. The van der Waals surface area contributed by atoms with E-state index in [1.54, 1.807) is 30.3 Å². The van der Waals surface area contributed by atoms with E-state index in [1.807, 2.05) is 0 Å². The molecule has 104 valence electrons. The van der Waals surface area contributed by atoms with Crippen molar-refractivity contribution in [1.82, 2.24) is 5.32 Å². The Bertz CT molecular complexity index is 550. The number of amides is 1. The van der Waals surface area contributed by atoms with Crippen LogP contribution >= 0.6 is 0 Å². The molecule has 1 amide bonds. The molecule has 0 aliphatic rings. The third-order valence-electron chi connectivity index (χ3n) is 2.27. The topological polar surface area (TPSA) is 115 Å². The maximum atomic E-state index is 11.4. The van der Waals surface area contributed by atoms with Gasteiger partial charge in [-0.3, -0.25) is 4.79 Å². The molecule has 1 rings (SSSR count). The molecule has 1 aromatic rings. The number of benzene rings is 1. The van der Waals surface area contributed by atoms with Crippen molar-refractivity contribution >= 4 is 27.7 Å². The number of carbonyl (C=O) groups excluding carboxylic acids is 1. The first-order valence-electron chi connectivity index (χ1n) is 5.69. The lowest BCUT2D eigenvalue weighted by molar-refractivity contribution is -0.116. The Morgan fingerprint density at radius 3 is 2.47 bits per heavy atom. The predicted molar refractivity (Wildman–Crippen MR) is 75.5 cm³/mol. The number of sulfonamides is 1. The summed E-state index contributed by atoms with van der Waals surface area (Å²) in [5.74, 6) is -0.430. The SMILES string of the molecule is Nc1ccc(/C=C/C(=O)NCCCS(N)(=O)=O)cc1. The van der Waals surface area contributed by atoms with Gasteiger partial charge < -0.3 is 11.1 Å². The minimum atomic E-state index is -3.46. The highest BCUT2D eigenvalue weighted by atomic mass is 32.2. The first kappa shape index (κ1) is 15.2. The van der Waals surface area contributed by atoms with Crippen LogP contribution in [0.1, 0.15) is 12.0 Å². The normalized spacial score (nSPS) is 11.6. The second-order valence-electron chi connectivity index (χ2n) is 4.01. The van der Waals surface area contributed by atoms with Crippen LogP contribution in [-0.4, -0.2) is 26.6 Å². The fourth-order valence-corrected chi connectivity index (χ4v) is 1.87. The maximum absolute atomic E-state index is 11.4. The van der Waals surface area contributed by atoms with Gasteiger partial charge in [-0.05, 0) is 30.2 Å². The number of nitrogens with one attached hydrogen (secondary N) is 1. The van der Waals surface area contributed by atoms with Crippen LogP contribution in [0.15, 0.2) is 30.3 Å². The number of hydrogen-bond donors (Lipinski definition) is 3. The lowest BCUT2D eigenvalue weighted by Crippen LogP contribution is -2.25. The van der Waals surface area contributed by atoms with Crippen LogP contribution in [0, 0.1) is 0 Å². The van der Waals surface area contributed by atoms with E-state index in [0.717, 1.165) is 5.56 Å². The van der Waals surface area contributed by atoms with E-state index in [-0.39, 0.29) is 18.2 Å². The zero-order chi connectivity index (χ0) is 14.3. The molecular formula is C12H17N3O3S. The Hall–Kier alpha value is -1.86. The summed E-state index contributed by atoms with van der Waals surface area (Å²) in [5, 5.41) is 7.40. The second kappa shape index (κ2) is 6.91. The zero-order valence-electron chi connectivity index (χ0n) is 10.4. The molecule has 6 nitrogen and oxygen atoms in total. The minimum absolute atomic E-state index is 0.144. The molecule has 0 radical (unpaired) electrons. The molecule has 5 N–H and O–H groups in total. The molecule has 0 spiro atoms. The van der Waals surface area contributed by atoms with Crippen molar-refractivity contribution in [2.75, 3.05) is 18.0 Å². The first-order valence-corrected chi connectivity index (χ1v) is 7.40. The fourth-order valence-electron chi connectivity index (χ4n) is 1.32. The molecular weight excluding hydrogens is 266 g/mol. The quantitative estimate of drug-likeness (QED) is 0.389. The largest absolute Gasteiger partial charge is 0.399 e. The Morgan fingerprint density at radius 1 is 1.26 bits per heavy atom. The highest BCUT2D eigenvalue weighted by molar-refractivity contribution is 7.89. The Kier molecular flexibility index (Phi) is 5.53. The summed E-state index contributed by atoms with van der Waals surface area (Å²) in [6, 6.07) is 7.06. The molecule has 0 aliphatic carbocycles. The molecule has 7 heteroatoms. The Morgan fingerprint density at radius 2 is 1.89 bits per heavy atom. The lowest BCUT2D eigenvalue weighted by Gasteiger charge is -2.01. The predicted octanol–water partition coefficient (Wildman–Crippen LogP) is 0.0768. The van der Waals surface area contributed by atoms with E-state index >= 15 is 0 Å². The summed E-state index contributed by atoms with van der Waals surface area (Å²) in [6.45, 7) is 0.265. The minimum Gasteiger partial charge on any atom is -0.399 e. The summed E-state index contributed by atoms with van der Waals surface area (Å²) >= 11 is 0. The lowest BCUT2D eigenvalue weighted by atomic mass is 10.2. The molecule has 0 bridgehead atoms. The summed E-state index contributed by atoms with van der Waals surface area (Å²) in [6.07, 6.45) is 3.32. The van der Waals surface area contributed by atoms with Crippen LogP contribution in [0.4, 0.5) is 5.69 Å². The van der Waals surface area contributed by atoms with Crippen molar-refractivity contribution in [2.45, 2.75) is 6.42 Å². The van der Waals surface area contributed by atoms with Crippen LogP contribution in [0.25, 0.3) is 6.08 Å². The van der Waals surface area contributed by atoms with E-state index < -0.39 is 10.0 Å². The molecule has 0 fully saturated rings. The van der Waals surface area contributed by atoms with Crippen molar-refractivity contribution in [3.05, 3.63) is 35.9 Å².